The average molecular weight is 505 g/mol. The Hall–Kier alpha value is -3.66. The van der Waals surface area contributed by atoms with E-state index in [-0.39, 0.29) is 6.42 Å². The highest BCUT2D eigenvalue weighted by Gasteiger charge is 2.39. The number of benzene rings is 3. The summed E-state index contributed by atoms with van der Waals surface area (Å²) in [5.41, 5.74) is 1.91. The van der Waals surface area contributed by atoms with Gasteiger partial charge in [0.05, 0.1) is 11.6 Å². The number of carbonyl (C=O) groups excluding carboxylic acids is 1. The Morgan fingerprint density at radius 2 is 1.60 bits per heavy atom. The molecule has 0 saturated heterocycles. The van der Waals surface area contributed by atoms with Gasteiger partial charge in [-0.25, -0.2) is 16.8 Å². The minimum absolute atomic E-state index is 0.159. The number of fused-ring (bicyclic) bond motifs is 1. The van der Waals surface area contributed by atoms with Crippen LogP contribution >= 0.6 is 0 Å². The van der Waals surface area contributed by atoms with Crippen LogP contribution < -0.4 is 5.32 Å². The van der Waals surface area contributed by atoms with E-state index in [9.17, 15) is 30.8 Å². The summed E-state index contributed by atoms with van der Waals surface area (Å²) < 4.78 is 80.0. The maximum Gasteiger partial charge on any atom is 0.471 e. The number of hydrogen-bond donors (Lipinski definition) is 1. The summed E-state index contributed by atoms with van der Waals surface area (Å²) in [5, 5.41) is 2.55. The third-order valence-corrected chi connectivity index (χ3v) is 7.36. The molecule has 1 N–H and O–H groups in total. The molecule has 4 rings (SSSR count). The Morgan fingerprint density at radius 1 is 0.971 bits per heavy atom. The summed E-state index contributed by atoms with van der Waals surface area (Å²) in [4.78, 5) is 10.7. The zero-order valence-electron chi connectivity index (χ0n) is 18.4. The maximum atomic E-state index is 14.4. The van der Waals surface area contributed by atoms with Crippen molar-refractivity contribution < 1.29 is 30.8 Å². The second-order valence-corrected chi connectivity index (χ2v) is 9.76. The summed E-state index contributed by atoms with van der Waals surface area (Å²) in [5.74, 6) is -2.90. The second kappa shape index (κ2) is 9.18. The molecule has 1 aromatic heterocycles. The highest BCUT2D eigenvalue weighted by Crippen LogP contribution is 2.29. The van der Waals surface area contributed by atoms with Crippen LogP contribution in [0.2, 0.25) is 0 Å². The third-order valence-electron chi connectivity index (χ3n) is 5.56. The summed E-state index contributed by atoms with van der Waals surface area (Å²) >= 11 is 0. The molecule has 0 fully saturated rings. The lowest BCUT2D eigenvalue weighted by Crippen LogP contribution is -2.38. The monoisotopic (exact) mass is 504 g/mol. The lowest BCUT2D eigenvalue weighted by atomic mass is 10.0. The molecule has 1 unspecified atom stereocenters. The molecule has 182 valence electrons. The number of rotatable bonds is 6. The summed E-state index contributed by atoms with van der Waals surface area (Å²) in [6.45, 7) is 1.43. The first-order valence-electron chi connectivity index (χ1n) is 10.5. The van der Waals surface area contributed by atoms with E-state index in [4.69, 9.17) is 0 Å². The van der Waals surface area contributed by atoms with Crippen LogP contribution in [0, 0.1) is 5.82 Å². The van der Waals surface area contributed by atoms with Crippen molar-refractivity contribution in [3.8, 4) is 0 Å². The van der Waals surface area contributed by atoms with Crippen molar-refractivity contribution in [2.75, 3.05) is 0 Å². The molecule has 5 nitrogen and oxygen atoms in total. The number of aromatic nitrogens is 1. The van der Waals surface area contributed by atoms with Gasteiger partial charge in [0, 0.05) is 17.5 Å². The normalized spacial score (nSPS) is 13.1. The van der Waals surface area contributed by atoms with Crippen LogP contribution in [-0.2, 0) is 21.2 Å². The molecule has 0 spiro atoms. The summed E-state index contributed by atoms with van der Waals surface area (Å²) in [6, 6.07) is 19.2. The molecule has 0 radical (unpaired) electrons. The highest BCUT2D eigenvalue weighted by molar-refractivity contribution is 7.90. The Morgan fingerprint density at radius 3 is 2.26 bits per heavy atom. The molecule has 0 aliphatic heterocycles. The number of para-hydroxylation sites is 1. The fourth-order valence-electron chi connectivity index (χ4n) is 3.84. The number of halogens is 4. The van der Waals surface area contributed by atoms with Gasteiger partial charge in [-0.05, 0) is 42.3 Å². The molecular weight excluding hydrogens is 484 g/mol. The van der Waals surface area contributed by atoms with Gasteiger partial charge in [-0.1, -0.05) is 54.6 Å². The average Bonchev–Trinajstić information content (AvgIpc) is 3.17. The molecule has 3 aromatic carbocycles. The Labute approximate surface area is 199 Å². The first-order chi connectivity index (χ1) is 16.5. The zero-order valence-corrected chi connectivity index (χ0v) is 19.2. The predicted molar refractivity (Wildman–Crippen MR) is 123 cm³/mol. The van der Waals surface area contributed by atoms with Gasteiger partial charge in [0.1, 0.15) is 10.7 Å². The molecule has 0 aliphatic carbocycles. The number of nitrogens with zero attached hydrogens (tertiary/aromatic N) is 1. The Kier molecular flexibility index (Phi) is 6.42. The fraction of sp³-hybridized carbons (Fsp3) is 0.160. The van der Waals surface area contributed by atoms with E-state index < -0.39 is 38.9 Å². The molecule has 4 aromatic rings. The topological polar surface area (TPSA) is 68.2 Å². The van der Waals surface area contributed by atoms with E-state index >= 15 is 0 Å². The van der Waals surface area contributed by atoms with Crippen LogP contribution in [0.5, 0.6) is 0 Å². The van der Waals surface area contributed by atoms with Crippen LogP contribution in [0.15, 0.2) is 83.8 Å². The molecule has 1 heterocycles. The van der Waals surface area contributed by atoms with Crippen molar-refractivity contribution >= 4 is 26.8 Å². The van der Waals surface area contributed by atoms with Crippen molar-refractivity contribution in [1.29, 1.82) is 0 Å². The van der Waals surface area contributed by atoms with E-state index in [1.807, 2.05) is 5.32 Å². The SMILES string of the molecule is CC(NC(=O)C(F)(F)F)c1ccc(Cc2cc3ccccc3n2S(=O)(=O)c2ccccc2F)cc1. The predicted octanol–water partition coefficient (Wildman–Crippen LogP) is 5.35. The van der Waals surface area contributed by atoms with E-state index in [1.165, 1.54) is 25.1 Å². The highest BCUT2D eigenvalue weighted by atomic mass is 32.2. The van der Waals surface area contributed by atoms with Crippen molar-refractivity contribution in [2.45, 2.75) is 30.5 Å². The van der Waals surface area contributed by atoms with Gasteiger partial charge in [0.25, 0.3) is 10.0 Å². The molecule has 1 atom stereocenters. The van der Waals surface area contributed by atoms with Crippen molar-refractivity contribution in [1.82, 2.24) is 9.29 Å². The number of nitrogens with one attached hydrogen (secondary N) is 1. The lowest BCUT2D eigenvalue weighted by molar-refractivity contribution is -0.174. The fourth-order valence-corrected chi connectivity index (χ4v) is 5.45. The van der Waals surface area contributed by atoms with Gasteiger partial charge in [-0.3, -0.25) is 4.79 Å². The number of alkyl halides is 3. The number of amides is 1. The van der Waals surface area contributed by atoms with Gasteiger partial charge in [0.15, 0.2) is 0 Å². The van der Waals surface area contributed by atoms with Gasteiger partial charge in [-0.2, -0.15) is 13.2 Å². The largest absolute Gasteiger partial charge is 0.471 e. The van der Waals surface area contributed by atoms with Crippen molar-refractivity contribution in [3.05, 3.63) is 102 Å². The van der Waals surface area contributed by atoms with Gasteiger partial charge in [0.2, 0.25) is 0 Å². The Bertz CT molecular complexity index is 1490. The van der Waals surface area contributed by atoms with E-state index in [2.05, 4.69) is 0 Å². The zero-order chi connectivity index (χ0) is 25.4. The quantitative estimate of drug-likeness (QED) is 0.360. The minimum Gasteiger partial charge on any atom is -0.342 e. The lowest BCUT2D eigenvalue weighted by Gasteiger charge is -2.16. The molecule has 35 heavy (non-hydrogen) atoms. The third kappa shape index (κ3) is 4.93. The van der Waals surface area contributed by atoms with Crippen LogP contribution in [0.25, 0.3) is 10.9 Å². The minimum atomic E-state index is -4.98. The van der Waals surface area contributed by atoms with E-state index in [0.29, 0.717) is 27.7 Å². The van der Waals surface area contributed by atoms with Crippen molar-refractivity contribution in [3.63, 3.8) is 0 Å². The molecular formula is C25H20F4N2O3S. The smallest absolute Gasteiger partial charge is 0.342 e. The standard InChI is InChI=1S/C25H20F4N2O3S/c1-16(30-24(32)25(27,28)29)18-12-10-17(11-13-18)14-20-15-19-6-2-4-8-22(19)31(20)35(33,34)23-9-5-3-7-21(23)26/h2-13,15-16H,14H2,1H3,(H,30,32). The number of hydrogen-bond acceptors (Lipinski definition) is 3. The molecule has 0 bridgehead atoms. The molecule has 0 saturated carbocycles. The van der Waals surface area contributed by atoms with Crippen LogP contribution in [-0.4, -0.2) is 24.5 Å². The maximum absolute atomic E-state index is 14.4. The van der Waals surface area contributed by atoms with Crippen LogP contribution in [0.4, 0.5) is 17.6 Å². The second-order valence-electron chi connectivity index (χ2n) is 8.01. The first kappa shape index (κ1) is 24.5. The molecule has 0 aliphatic rings. The van der Waals surface area contributed by atoms with Gasteiger partial charge >= 0.3 is 12.1 Å². The van der Waals surface area contributed by atoms with Crippen LogP contribution in [0.1, 0.15) is 29.8 Å². The summed E-state index contributed by atoms with van der Waals surface area (Å²) in [6.07, 6.45) is -4.82. The first-order valence-corrected chi connectivity index (χ1v) is 12.0. The summed E-state index contributed by atoms with van der Waals surface area (Å²) in [7, 11) is -4.27. The number of carbonyl (C=O) groups is 1. The molecule has 10 heteroatoms. The Balaban J connectivity index is 1.68. The van der Waals surface area contributed by atoms with E-state index in [1.54, 1.807) is 54.6 Å². The van der Waals surface area contributed by atoms with Crippen LogP contribution in [0.3, 0.4) is 0 Å². The van der Waals surface area contributed by atoms with Crippen molar-refractivity contribution in [2.24, 2.45) is 0 Å². The molecule has 1 amide bonds. The van der Waals surface area contributed by atoms with E-state index in [0.717, 1.165) is 10.0 Å². The van der Waals surface area contributed by atoms with Gasteiger partial charge in [-0.15, -0.1) is 0 Å². The van der Waals surface area contributed by atoms with Gasteiger partial charge < -0.3 is 5.32 Å².